The van der Waals surface area contributed by atoms with Crippen molar-refractivity contribution < 1.29 is 50.5 Å². The molecule has 9 nitrogen and oxygen atoms in total. The first kappa shape index (κ1) is 30.5. The van der Waals surface area contributed by atoms with Crippen molar-refractivity contribution in [3.8, 4) is 22.8 Å². The maximum absolute atomic E-state index is 14.6. The van der Waals surface area contributed by atoms with Gasteiger partial charge in [-0.2, -0.15) is 22.0 Å². The monoisotopic (exact) mass is 620 g/mol. The minimum Gasteiger partial charge on any atom is -0.489 e. The van der Waals surface area contributed by atoms with Gasteiger partial charge in [-0.3, -0.25) is 14.6 Å². The molecule has 0 saturated carbocycles. The molecule has 2 atom stereocenters. The van der Waals surface area contributed by atoms with Gasteiger partial charge in [0.2, 0.25) is 11.5 Å². The van der Waals surface area contributed by atoms with E-state index in [9.17, 15) is 41.0 Å². The molecule has 0 fully saturated rings. The Bertz CT molecular complexity index is 1770. The van der Waals surface area contributed by atoms with Crippen LogP contribution in [0, 0.1) is 5.82 Å². The number of pyridine rings is 2. The van der Waals surface area contributed by atoms with E-state index in [0.29, 0.717) is 0 Å². The molecule has 5 rings (SSSR count). The van der Waals surface area contributed by atoms with Crippen LogP contribution in [0.1, 0.15) is 28.5 Å². The zero-order valence-electron chi connectivity index (χ0n) is 22.6. The summed E-state index contributed by atoms with van der Waals surface area (Å²) in [5.74, 6) is -3.35. The summed E-state index contributed by atoms with van der Waals surface area (Å²) in [4.78, 5) is 33.4. The number of nitrogens with one attached hydrogen (secondary N) is 1. The van der Waals surface area contributed by atoms with E-state index < -0.39 is 59.4 Å². The lowest BCUT2D eigenvalue weighted by molar-refractivity contribution is -0.265. The first-order valence-electron chi connectivity index (χ1n) is 12.8. The highest BCUT2D eigenvalue weighted by atomic mass is 19.4. The largest absolute Gasteiger partial charge is 0.489 e. The number of alkyl halides is 5. The fraction of sp³-hybridized carbons (Fsp3) is 0.241. The average Bonchev–Trinajstić information content (AvgIpc) is 3.32. The fourth-order valence-electron chi connectivity index (χ4n) is 4.72. The van der Waals surface area contributed by atoms with Gasteiger partial charge in [-0.25, -0.2) is 9.37 Å². The highest BCUT2D eigenvalue weighted by molar-refractivity contribution is 6.00. The van der Waals surface area contributed by atoms with Gasteiger partial charge in [0, 0.05) is 28.3 Å². The molecule has 44 heavy (non-hydrogen) atoms. The molecule has 1 unspecified atom stereocenters. The summed E-state index contributed by atoms with van der Waals surface area (Å²) in [7, 11) is 0. The van der Waals surface area contributed by atoms with Crippen LogP contribution in [0.2, 0.25) is 0 Å². The van der Waals surface area contributed by atoms with Gasteiger partial charge in [0.15, 0.2) is 5.75 Å². The molecule has 15 heteroatoms. The standard InChI is InChI=1S/C29H22F6N4O5/c1-27(25(36)41)13-43-23-18(27)11-20(39-22(23)14-4-6-17(30)7-5-14)28(42,29(33,34)35)12-38-24(40)16-9-15-3-2-8-37-21(15)19(10-16)44-26(31)32/h2-11,26,42H,12-13H2,1H3,(H2,36,41)(H,38,40)/t27-,28?/m0/s1. The molecule has 0 aliphatic carbocycles. The first-order chi connectivity index (χ1) is 20.6. The number of carbonyl (C=O) groups is 2. The third-order valence-corrected chi connectivity index (χ3v) is 7.28. The van der Waals surface area contributed by atoms with Gasteiger partial charge in [-0.15, -0.1) is 0 Å². The molecule has 0 radical (unpaired) electrons. The second-order valence-corrected chi connectivity index (χ2v) is 10.2. The summed E-state index contributed by atoms with van der Waals surface area (Å²) in [6.45, 7) is -3.79. The molecule has 4 aromatic rings. The van der Waals surface area contributed by atoms with Crippen molar-refractivity contribution in [3.63, 3.8) is 0 Å². The van der Waals surface area contributed by atoms with E-state index in [1.807, 2.05) is 5.32 Å². The van der Waals surface area contributed by atoms with E-state index in [0.717, 1.165) is 24.3 Å². The maximum atomic E-state index is 14.6. The van der Waals surface area contributed by atoms with Crippen molar-refractivity contribution in [2.24, 2.45) is 5.73 Å². The molecule has 2 aromatic heterocycles. The number of hydrogen-bond donors (Lipinski definition) is 3. The molecule has 0 saturated heterocycles. The smallest absolute Gasteiger partial charge is 0.424 e. The average molecular weight is 621 g/mol. The molecule has 0 bridgehead atoms. The Kier molecular flexibility index (Phi) is 7.61. The van der Waals surface area contributed by atoms with E-state index in [4.69, 9.17) is 10.5 Å². The molecule has 230 valence electrons. The molecule has 2 amide bonds. The number of aromatic nitrogens is 2. The number of benzene rings is 2. The van der Waals surface area contributed by atoms with Crippen LogP contribution in [0.5, 0.6) is 11.5 Å². The van der Waals surface area contributed by atoms with Crippen LogP contribution < -0.4 is 20.5 Å². The predicted octanol–water partition coefficient (Wildman–Crippen LogP) is 4.35. The minimum absolute atomic E-state index is 0.0217. The number of ether oxygens (including phenoxy) is 2. The number of nitrogens with two attached hydrogens (primary N) is 1. The number of rotatable bonds is 8. The lowest BCUT2D eigenvalue weighted by Gasteiger charge is -2.31. The van der Waals surface area contributed by atoms with Gasteiger partial charge in [-0.1, -0.05) is 6.07 Å². The van der Waals surface area contributed by atoms with Gasteiger partial charge in [-0.05, 0) is 55.5 Å². The number of halogens is 6. The molecule has 3 heterocycles. The quantitative estimate of drug-likeness (QED) is 0.249. The number of primary amides is 1. The fourth-order valence-corrected chi connectivity index (χ4v) is 4.72. The molecule has 2 aromatic carbocycles. The summed E-state index contributed by atoms with van der Waals surface area (Å²) >= 11 is 0. The van der Waals surface area contributed by atoms with E-state index in [-0.39, 0.29) is 45.6 Å². The number of fused-ring (bicyclic) bond motifs is 2. The maximum Gasteiger partial charge on any atom is 0.424 e. The van der Waals surface area contributed by atoms with Crippen LogP contribution in [0.15, 0.2) is 60.8 Å². The van der Waals surface area contributed by atoms with Crippen molar-refractivity contribution in [1.29, 1.82) is 0 Å². The summed E-state index contributed by atoms with van der Waals surface area (Å²) < 4.78 is 93.6. The summed E-state index contributed by atoms with van der Waals surface area (Å²) in [5, 5.41) is 13.3. The van der Waals surface area contributed by atoms with Gasteiger partial charge in [0.25, 0.3) is 5.91 Å². The molecular weight excluding hydrogens is 598 g/mol. The molecule has 4 N–H and O–H groups in total. The van der Waals surface area contributed by atoms with Crippen LogP contribution in [0.25, 0.3) is 22.2 Å². The van der Waals surface area contributed by atoms with Crippen molar-refractivity contribution >= 4 is 22.7 Å². The SMILES string of the molecule is C[C@]1(C(N)=O)COc2c1cc(C(O)(CNC(=O)c1cc(OC(F)F)c3ncccc3c1)C(F)(F)F)nc2-c1ccc(F)cc1. The lowest BCUT2D eigenvalue weighted by atomic mass is 9.81. The molecule has 0 spiro atoms. The van der Waals surface area contributed by atoms with Crippen molar-refractivity contribution in [1.82, 2.24) is 15.3 Å². The van der Waals surface area contributed by atoms with Crippen molar-refractivity contribution in [3.05, 3.63) is 83.4 Å². The Morgan fingerprint density at radius 1 is 1.16 bits per heavy atom. The van der Waals surface area contributed by atoms with Crippen LogP contribution >= 0.6 is 0 Å². The van der Waals surface area contributed by atoms with E-state index in [1.54, 1.807) is 0 Å². The summed E-state index contributed by atoms with van der Waals surface area (Å²) in [5.41, 5.74) is -1.59. The Morgan fingerprint density at radius 3 is 2.50 bits per heavy atom. The van der Waals surface area contributed by atoms with Crippen molar-refractivity contribution in [2.45, 2.75) is 30.7 Å². The number of amides is 2. The van der Waals surface area contributed by atoms with Crippen molar-refractivity contribution in [2.75, 3.05) is 13.2 Å². The zero-order chi connectivity index (χ0) is 32.0. The van der Waals surface area contributed by atoms with Crippen LogP contribution in [-0.2, 0) is 15.8 Å². The number of hydrogen-bond acceptors (Lipinski definition) is 7. The number of nitrogens with zero attached hydrogens (tertiary/aromatic N) is 2. The molecule has 1 aliphatic heterocycles. The number of aliphatic hydroxyl groups is 1. The van der Waals surface area contributed by atoms with Gasteiger partial charge >= 0.3 is 12.8 Å². The Balaban J connectivity index is 1.58. The predicted molar refractivity (Wildman–Crippen MR) is 142 cm³/mol. The second kappa shape index (κ2) is 11.0. The van der Waals surface area contributed by atoms with Gasteiger partial charge in [0.1, 0.15) is 34.8 Å². The first-order valence-corrected chi connectivity index (χ1v) is 12.8. The Morgan fingerprint density at radius 2 is 1.86 bits per heavy atom. The van der Waals surface area contributed by atoms with Gasteiger partial charge in [0.05, 0.1) is 12.2 Å². The topological polar surface area (TPSA) is 137 Å². The van der Waals surface area contributed by atoms with E-state index >= 15 is 0 Å². The molecule has 1 aliphatic rings. The summed E-state index contributed by atoms with van der Waals surface area (Å²) in [6, 6.07) is 10.2. The van der Waals surface area contributed by atoms with Gasteiger partial charge < -0.3 is 25.6 Å². The van der Waals surface area contributed by atoms with E-state index in [2.05, 4.69) is 14.7 Å². The minimum atomic E-state index is -5.46. The second-order valence-electron chi connectivity index (χ2n) is 10.2. The lowest BCUT2D eigenvalue weighted by Crippen LogP contribution is -2.51. The Hall–Kier alpha value is -4.92. The Labute approximate surface area is 244 Å². The molecular formula is C29H22F6N4O5. The number of carbonyl (C=O) groups excluding carboxylic acids is 2. The summed E-state index contributed by atoms with van der Waals surface area (Å²) in [6.07, 6.45) is -4.16. The highest BCUT2D eigenvalue weighted by Gasteiger charge is 2.57. The van der Waals surface area contributed by atoms with Crippen LogP contribution in [0.3, 0.4) is 0 Å². The zero-order valence-corrected chi connectivity index (χ0v) is 22.6. The highest BCUT2D eigenvalue weighted by Crippen LogP contribution is 2.47. The normalized spacial score (nSPS) is 17.6. The third-order valence-electron chi connectivity index (χ3n) is 7.28. The van der Waals surface area contributed by atoms with E-state index in [1.165, 1.54) is 43.5 Å². The van der Waals surface area contributed by atoms with Crippen LogP contribution in [-0.4, -0.2) is 52.8 Å². The third kappa shape index (κ3) is 5.34. The van der Waals surface area contributed by atoms with Crippen LogP contribution in [0.4, 0.5) is 26.3 Å².